The summed E-state index contributed by atoms with van der Waals surface area (Å²) in [5, 5.41) is 4.98. The van der Waals surface area contributed by atoms with Gasteiger partial charge in [0, 0.05) is 10.6 Å². The minimum atomic E-state index is -0.403. The van der Waals surface area contributed by atoms with E-state index in [9.17, 15) is 4.79 Å². The molecular formula is C25H24Cl2N2O5. The van der Waals surface area contributed by atoms with E-state index in [0.717, 1.165) is 5.56 Å². The molecule has 0 radical (unpaired) electrons. The molecule has 0 heterocycles. The third kappa shape index (κ3) is 6.56. The molecule has 9 heteroatoms. The lowest BCUT2D eigenvalue weighted by molar-refractivity contribution is 0.0954. The Labute approximate surface area is 208 Å². The lowest BCUT2D eigenvalue weighted by Crippen LogP contribution is -2.17. The maximum absolute atomic E-state index is 12.5. The zero-order valence-electron chi connectivity index (χ0n) is 18.9. The van der Waals surface area contributed by atoms with Crippen LogP contribution < -0.4 is 24.4 Å². The normalized spacial score (nSPS) is 10.7. The topological polar surface area (TPSA) is 78.4 Å². The predicted molar refractivity (Wildman–Crippen MR) is 133 cm³/mol. The lowest BCUT2D eigenvalue weighted by atomic mass is 10.2. The van der Waals surface area contributed by atoms with Gasteiger partial charge in [-0.2, -0.15) is 5.10 Å². The molecule has 1 N–H and O–H groups in total. The van der Waals surface area contributed by atoms with Gasteiger partial charge in [0.15, 0.2) is 23.0 Å². The van der Waals surface area contributed by atoms with Crippen LogP contribution in [0.5, 0.6) is 23.0 Å². The molecule has 0 unspecified atom stereocenters. The van der Waals surface area contributed by atoms with Crippen molar-refractivity contribution in [2.45, 2.75) is 13.5 Å². The number of amides is 1. The first kappa shape index (κ1) is 25.2. The Hall–Kier alpha value is -3.42. The van der Waals surface area contributed by atoms with Crippen LogP contribution in [0, 0.1) is 0 Å². The third-order valence-electron chi connectivity index (χ3n) is 4.63. The van der Waals surface area contributed by atoms with E-state index in [-0.39, 0.29) is 6.61 Å². The van der Waals surface area contributed by atoms with Crippen LogP contribution >= 0.6 is 23.2 Å². The monoisotopic (exact) mass is 502 g/mol. The molecule has 0 aliphatic heterocycles. The van der Waals surface area contributed by atoms with E-state index < -0.39 is 5.91 Å². The molecule has 0 saturated carbocycles. The first-order valence-corrected chi connectivity index (χ1v) is 11.1. The second-order valence-electron chi connectivity index (χ2n) is 6.95. The van der Waals surface area contributed by atoms with Crippen LogP contribution in [-0.4, -0.2) is 32.9 Å². The van der Waals surface area contributed by atoms with Crippen molar-refractivity contribution < 1.29 is 23.7 Å². The fourth-order valence-electron chi connectivity index (χ4n) is 3.05. The number of hydrogen-bond acceptors (Lipinski definition) is 6. The molecule has 0 atom stereocenters. The fraction of sp³-hybridized carbons (Fsp3) is 0.200. The molecule has 3 aromatic carbocycles. The number of hydrazone groups is 1. The first-order valence-electron chi connectivity index (χ1n) is 10.3. The number of methoxy groups -OCH3 is 2. The number of halogens is 2. The maximum Gasteiger partial charge on any atom is 0.271 e. The van der Waals surface area contributed by atoms with Crippen LogP contribution in [0.4, 0.5) is 0 Å². The quantitative estimate of drug-likeness (QED) is 0.282. The highest BCUT2D eigenvalue weighted by Crippen LogP contribution is 2.36. The van der Waals surface area contributed by atoms with Crippen molar-refractivity contribution in [3.8, 4) is 23.0 Å². The zero-order chi connectivity index (χ0) is 24.5. The average molecular weight is 503 g/mol. The van der Waals surface area contributed by atoms with Crippen LogP contribution in [0.3, 0.4) is 0 Å². The number of carbonyl (C=O) groups excluding carboxylic acids is 1. The predicted octanol–water partition coefficient (Wildman–Crippen LogP) is 5.75. The average Bonchev–Trinajstić information content (AvgIpc) is 2.83. The SMILES string of the molecule is CCOc1cc(C(=O)N/N=C/c2cc(Cl)c(OCc3cccc(Cl)c3)c(OC)c2)ccc1OC. The molecular weight excluding hydrogens is 479 g/mol. The van der Waals surface area contributed by atoms with Gasteiger partial charge < -0.3 is 18.9 Å². The molecule has 3 rings (SSSR count). The van der Waals surface area contributed by atoms with Gasteiger partial charge in [0.05, 0.1) is 32.1 Å². The van der Waals surface area contributed by atoms with E-state index in [1.54, 1.807) is 36.4 Å². The van der Waals surface area contributed by atoms with Crippen molar-refractivity contribution >= 4 is 35.3 Å². The number of ether oxygens (including phenoxy) is 4. The number of nitrogens with zero attached hydrogens (tertiary/aromatic N) is 1. The number of rotatable bonds is 10. The van der Waals surface area contributed by atoms with E-state index >= 15 is 0 Å². The summed E-state index contributed by atoms with van der Waals surface area (Å²) in [6, 6.07) is 15.6. The lowest BCUT2D eigenvalue weighted by Gasteiger charge is -2.13. The Morgan fingerprint density at radius 1 is 0.971 bits per heavy atom. The highest BCUT2D eigenvalue weighted by atomic mass is 35.5. The second kappa shape index (κ2) is 12.2. The standard InChI is InChI=1S/C25H24Cl2N2O5/c1-4-33-22-13-18(8-9-21(22)31-2)25(30)29-28-14-17-11-20(27)24(23(12-17)32-3)34-15-16-6-5-7-19(26)10-16/h5-14H,4,15H2,1-3H3,(H,29,30)/b28-14+. The molecule has 178 valence electrons. The highest BCUT2D eigenvalue weighted by molar-refractivity contribution is 6.32. The summed E-state index contributed by atoms with van der Waals surface area (Å²) < 4.78 is 22.0. The molecule has 0 bridgehead atoms. The van der Waals surface area contributed by atoms with Gasteiger partial charge in [-0.3, -0.25) is 4.79 Å². The van der Waals surface area contributed by atoms with Gasteiger partial charge in [-0.15, -0.1) is 0 Å². The van der Waals surface area contributed by atoms with Crippen molar-refractivity contribution in [1.29, 1.82) is 0 Å². The minimum Gasteiger partial charge on any atom is -0.493 e. The van der Waals surface area contributed by atoms with E-state index in [0.29, 0.717) is 50.8 Å². The zero-order valence-corrected chi connectivity index (χ0v) is 20.4. The summed E-state index contributed by atoms with van der Waals surface area (Å²) in [5.74, 6) is 1.44. The van der Waals surface area contributed by atoms with Crippen LogP contribution in [0.2, 0.25) is 10.0 Å². The van der Waals surface area contributed by atoms with Crippen LogP contribution in [-0.2, 0) is 6.61 Å². The smallest absolute Gasteiger partial charge is 0.271 e. The Bertz CT molecular complexity index is 1180. The summed E-state index contributed by atoms with van der Waals surface area (Å²) in [6.07, 6.45) is 1.46. The van der Waals surface area contributed by atoms with Crippen molar-refractivity contribution in [3.63, 3.8) is 0 Å². The van der Waals surface area contributed by atoms with Crippen molar-refractivity contribution in [2.75, 3.05) is 20.8 Å². The summed E-state index contributed by atoms with van der Waals surface area (Å²) >= 11 is 12.4. The van der Waals surface area contributed by atoms with Gasteiger partial charge in [0.2, 0.25) is 0 Å². The number of hydrogen-bond donors (Lipinski definition) is 1. The minimum absolute atomic E-state index is 0.270. The molecule has 0 fully saturated rings. The highest BCUT2D eigenvalue weighted by Gasteiger charge is 2.13. The number of carbonyl (C=O) groups is 1. The van der Waals surface area contributed by atoms with Crippen LogP contribution in [0.1, 0.15) is 28.4 Å². The molecule has 0 saturated heterocycles. The molecule has 0 aliphatic carbocycles. The Morgan fingerprint density at radius 2 is 1.76 bits per heavy atom. The molecule has 0 aliphatic rings. The molecule has 3 aromatic rings. The van der Waals surface area contributed by atoms with Crippen molar-refractivity contribution in [3.05, 3.63) is 81.3 Å². The summed E-state index contributed by atoms with van der Waals surface area (Å²) in [7, 11) is 3.05. The van der Waals surface area contributed by atoms with Crippen LogP contribution in [0.25, 0.3) is 0 Å². The van der Waals surface area contributed by atoms with Gasteiger partial charge in [0.25, 0.3) is 5.91 Å². The van der Waals surface area contributed by atoms with Gasteiger partial charge in [-0.25, -0.2) is 5.43 Å². The number of nitrogens with one attached hydrogen (secondary N) is 1. The molecule has 0 aromatic heterocycles. The van der Waals surface area contributed by atoms with Crippen molar-refractivity contribution in [2.24, 2.45) is 5.10 Å². The Balaban J connectivity index is 1.69. The summed E-state index contributed by atoms with van der Waals surface area (Å²) in [5.41, 5.74) is 4.37. The summed E-state index contributed by atoms with van der Waals surface area (Å²) in [6.45, 7) is 2.57. The van der Waals surface area contributed by atoms with Gasteiger partial charge in [-0.1, -0.05) is 35.3 Å². The van der Waals surface area contributed by atoms with Crippen molar-refractivity contribution in [1.82, 2.24) is 5.43 Å². The van der Waals surface area contributed by atoms with E-state index in [1.165, 1.54) is 20.4 Å². The molecule has 34 heavy (non-hydrogen) atoms. The van der Waals surface area contributed by atoms with Gasteiger partial charge >= 0.3 is 0 Å². The maximum atomic E-state index is 12.5. The Morgan fingerprint density at radius 3 is 2.47 bits per heavy atom. The van der Waals surface area contributed by atoms with Crippen LogP contribution in [0.15, 0.2) is 59.7 Å². The molecule has 1 amide bonds. The third-order valence-corrected chi connectivity index (χ3v) is 5.15. The molecule has 0 spiro atoms. The van der Waals surface area contributed by atoms with Gasteiger partial charge in [0.1, 0.15) is 6.61 Å². The number of benzene rings is 3. The summed E-state index contributed by atoms with van der Waals surface area (Å²) in [4.78, 5) is 12.5. The fourth-order valence-corrected chi connectivity index (χ4v) is 3.54. The largest absolute Gasteiger partial charge is 0.493 e. The molecule has 7 nitrogen and oxygen atoms in total. The second-order valence-corrected chi connectivity index (χ2v) is 7.79. The first-order chi connectivity index (χ1) is 16.4. The van der Waals surface area contributed by atoms with E-state index in [1.807, 2.05) is 25.1 Å². The van der Waals surface area contributed by atoms with E-state index in [2.05, 4.69) is 10.5 Å². The van der Waals surface area contributed by atoms with Gasteiger partial charge in [-0.05, 0) is 60.5 Å². The van der Waals surface area contributed by atoms with E-state index in [4.69, 9.17) is 42.1 Å². The Kier molecular flexibility index (Phi) is 9.01.